The summed E-state index contributed by atoms with van der Waals surface area (Å²) in [4.78, 5) is 13.3. The van der Waals surface area contributed by atoms with Gasteiger partial charge in [-0.05, 0) is 61.2 Å². The molecular formula is C29H35FO6S. The minimum Gasteiger partial charge on any atom is -0.497 e. The van der Waals surface area contributed by atoms with Gasteiger partial charge in [-0.1, -0.05) is 37.3 Å². The molecule has 0 saturated heterocycles. The third kappa shape index (κ3) is 6.96. The maximum absolute atomic E-state index is 15.0. The molecule has 1 N–H and O–H groups in total. The Morgan fingerprint density at radius 3 is 2.43 bits per heavy atom. The number of hydrogen-bond donors (Lipinski definition) is 1. The summed E-state index contributed by atoms with van der Waals surface area (Å²) < 4.78 is 36.6. The third-order valence-corrected chi connectivity index (χ3v) is 7.74. The standard InChI is InChI=1S/C29H35FO6S/c1-7-36-29(4,32)27-24(30)15-25(37-27)26(19(3)28(31)34-6)21-11-8-18(2)22(14-21)17-35-16-20-9-12-23(33-5)13-10-20/h8-15,19,26,32H,7,16-17H2,1-6H3. The molecular weight excluding hydrogens is 495 g/mol. The predicted octanol–water partition coefficient (Wildman–Crippen LogP) is 6.06. The van der Waals surface area contributed by atoms with Crippen molar-refractivity contribution in [2.24, 2.45) is 5.92 Å². The summed E-state index contributed by atoms with van der Waals surface area (Å²) in [6.07, 6.45) is 0. The Kier molecular flexibility index (Phi) is 9.84. The van der Waals surface area contributed by atoms with Gasteiger partial charge in [0.05, 0.1) is 38.2 Å². The summed E-state index contributed by atoms with van der Waals surface area (Å²) in [7, 11) is 2.96. The van der Waals surface area contributed by atoms with Crippen molar-refractivity contribution in [3.63, 3.8) is 0 Å². The fraction of sp³-hybridized carbons (Fsp3) is 0.414. The number of benzene rings is 2. The van der Waals surface area contributed by atoms with E-state index in [0.29, 0.717) is 18.1 Å². The van der Waals surface area contributed by atoms with E-state index in [0.717, 1.165) is 39.3 Å². The maximum Gasteiger partial charge on any atom is 0.309 e. The molecule has 0 bridgehead atoms. The van der Waals surface area contributed by atoms with Crippen molar-refractivity contribution in [3.05, 3.63) is 86.4 Å². The number of thiophene rings is 1. The molecule has 0 aliphatic heterocycles. The molecule has 0 aliphatic carbocycles. The summed E-state index contributed by atoms with van der Waals surface area (Å²) in [5.74, 6) is -3.04. The van der Waals surface area contributed by atoms with Gasteiger partial charge < -0.3 is 24.1 Å². The van der Waals surface area contributed by atoms with E-state index in [2.05, 4.69) is 0 Å². The molecule has 200 valence electrons. The maximum atomic E-state index is 15.0. The molecule has 3 unspecified atom stereocenters. The minimum absolute atomic E-state index is 0.0709. The molecule has 3 atom stereocenters. The second kappa shape index (κ2) is 12.6. The summed E-state index contributed by atoms with van der Waals surface area (Å²) in [5.41, 5.74) is 3.86. The van der Waals surface area contributed by atoms with E-state index in [1.54, 1.807) is 21.0 Å². The van der Waals surface area contributed by atoms with Crippen molar-refractivity contribution >= 4 is 17.3 Å². The molecule has 0 fully saturated rings. The summed E-state index contributed by atoms with van der Waals surface area (Å²) in [6, 6.07) is 15.0. The molecule has 37 heavy (non-hydrogen) atoms. The van der Waals surface area contributed by atoms with Crippen molar-refractivity contribution in [2.75, 3.05) is 20.8 Å². The first kappa shape index (κ1) is 28.8. The van der Waals surface area contributed by atoms with E-state index in [-0.39, 0.29) is 11.5 Å². The normalized spacial score (nSPS) is 14.6. The molecule has 0 spiro atoms. The first-order valence-electron chi connectivity index (χ1n) is 12.1. The fourth-order valence-corrected chi connectivity index (χ4v) is 5.53. The van der Waals surface area contributed by atoms with Crippen molar-refractivity contribution in [1.29, 1.82) is 0 Å². The lowest BCUT2D eigenvalue weighted by atomic mass is 9.84. The van der Waals surface area contributed by atoms with Crippen LogP contribution in [0, 0.1) is 18.7 Å². The van der Waals surface area contributed by atoms with Gasteiger partial charge >= 0.3 is 5.97 Å². The Morgan fingerprint density at radius 1 is 1.11 bits per heavy atom. The Balaban J connectivity index is 1.91. The lowest BCUT2D eigenvalue weighted by Gasteiger charge is -2.24. The van der Waals surface area contributed by atoms with Gasteiger partial charge in [-0.15, -0.1) is 11.3 Å². The molecule has 3 aromatic rings. The highest BCUT2D eigenvalue weighted by atomic mass is 32.1. The number of ether oxygens (including phenoxy) is 4. The zero-order valence-corrected chi connectivity index (χ0v) is 23.0. The van der Waals surface area contributed by atoms with E-state index in [1.165, 1.54) is 20.1 Å². The van der Waals surface area contributed by atoms with E-state index >= 15 is 0 Å². The van der Waals surface area contributed by atoms with Crippen LogP contribution in [0.2, 0.25) is 0 Å². The molecule has 0 amide bonds. The predicted molar refractivity (Wildman–Crippen MR) is 141 cm³/mol. The number of halogens is 1. The van der Waals surface area contributed by atoms with Gasteiger partial charge in [0.25, 0.3) is 0 Å². The zero-order chi connectivity index (χ0) is 27.2. The lowest BCUT2D eigenvalue weighted by Crippen LogP contribution is -2.25. The minimum atomic E-state index is -1.77. The number of hydrogen-bond acceptors (Lipinski definition) is 7. The van der Waals surface area contributed by atoms with Crippen LogP contribution in [0.25, 0.3) is 0 Å². The number of rotatable bonds is 12. The van der Waals surface area contributed by atoms with E-state index in [9.17, 15) is 14.3 Å². The first-order chi connectivity index (χ1) is 17.6. The summed E-state index contributed by atoms with van der Waals surface area (Å²) in [5, 5.41) is 10.7. The van der Waals surface area contributed by atoms with Gasteiger partial charge in [0.1, 0.15) is 11.6 Å². The Morgan fingerprint density at radius 2 is 1.81 bits per heavy atom. The van der Waals surface area contributed by atoms with Crippen LogP contribution in [-0.2, 0) is 38.0 Å². The van der Waals surface area contributed by atoms with Gasteiger partial charge in [-0.2, -0.15) is 0 Å². The zero-order valence-electron chi connectivity index (χ0n) is 22.2. The van der Waals surface area contributed by atoms with Gasteiger partial charge in [0, 0.05) is 17.4 Å². The molecule has 3 rings (SSSR count). The smallest absolute Gasteiger partial charge is 0.309 e. The average molecular weight is 531 g/mol. The van der Waals surface area contributed by atoms with Crippen molar-refractivity contribution in [2.45, 2.75) is 52.6 Å². The number of aliphatic hydroxyl groups is 1. The van der Waals surface area contributed by atoms with Crippen LogP contribution in [-0.4, -0.2) is 31.9 Å². The van der Waals surface area contributed by atoms with Crippen LogP contribution >= 0.6 is 11.3 Å². The van der Waals surface area contributed by atoms with Gasteiger partial charge in [0.2, 0.25) is 5.79 Å². The van der Waals surface area contributed by atoms with Crippen molar-refractivity contribution in [3.8, 4) is 5.75 Å². The number of methoxy groups -OCH3 is 2. The van der Waals surface area contributed by atoms with E-state index < -0.39 is 29.4 Å². The number of carbonyl (C=O) groups is 1. The fourth-order valence-electron chi connectivity index (χ4n) is 4.26. The number of aryl methyl sites for hydroxylation is 1. The van der Waals surface area contributed by atoms with Crippen LogP contribution in [0.3, 0.4) is 0 Å². The van der Waals surface area contributed by atoms with E-state index in [1.807, 2.05) is 49.4 Å². The highest BCUT2D eigenvalue weighted by Crippen LogP contribution is 2.42. The van der Waals surface area contributed by atoms with Crippen LogP contribution in [0.5, 0.6) is 5.75 Å². The average Bonchev–Trinajstić information content (AvgIpc) is 3.27. The molecule has 1 aromatic heterocycles. The SMILES string of the molecule is CCOC(C)(O)c1sc(C(c2ccc(C)c(COCc3ccc(OC)cc3)c2)C(C)C(=O)OC)cc1F. The molecule has 0 radical (unpaired) electrons. The van der Waals surface area contributed by atoms with Gasteiger partial charge in [0.15, 0.2) is 0 Å². The number of carbonyl (C=O) groups excluding carboxylic acids is 1. The Labute approximate surface area is 222 Å². The van der Waals surface area contributed by atoms with Crippen LogP contribution in [0.15, 0.2) is 48.5 Å². The Hall–Kier alpha value is -2.78. The second-order valence-electron chi connectivity index (χ2n) is 9.06. The highest BCUT2D eigenvalue weighted by Gasteiger charge is 2.35. The topological polar surface area (TPSA) is 74.2 Å². The van der Waals surface area contributed by atoms with Crippen molar-refractivity contribution < 1.29 is 33.2 Å². The van der Waals surface area contributed by atoms with Crippen molar-refractivity contribution in [1.82, 2.24) is 0 Å². The second-order valence-corrected chi connectivity index (χ2v) is 10.1. The van der Waals surface area contributed by atoms with Crippen LogP contribution in [0.1, 0.15) is 58.7 Å². The molecule has 0 aliphatic rings. The molecule has 1 heterocycles. The monoisotopic (exact) mass is 530 g/mol. The van der Waals surface area contributed by atoms with Crippen LogP contribution < -0.4 is 4.74 Å². The lowest BCUT2D eigenvalue weighted by molar-refractivity contribution is -0.194. The van der Waals surface area contributed by atoms with Gasteiger partial charge in [-0.25, -0.2) is 4.39 Å². The molecule has 2 aromatic carbocycles. The van der Waals surface area contributed by atoms with E-state index in [4.69, 9.17) is 18.9 Å². The largest absolute Gasteiger partial charge is 0.497 e. The third-order valence-electron chi connectivity index (χ3n) is 6.35. The highest BCUT2D eigenvalue weighted by molar-refractivity contribution is 7.12. The summed E-state index contributed by atoms with van der Waals surface area (Å²) >= 11 is 1.09. The summed E-state index contributed by atoms with van der Waals surface area (Å²) in [6.45, 7) is 7.92. The molecule has 0 saturated carbocycles. The van der Waals surface area contributed by atoms with Gasteiger partial charge in [-0.3, -0.25) is 4.79 Å². The number of esters is 1. The first-order valence-corrected chi connectivity index (χ1v) is 13.0. The van der Waals surface area contributed by atoms with Crippen LogP contribution in [0.4, 0.5) is 4.39 Å². The Bertz CT molecular complexity index is 1190. The molecule has 8 heteroatoms. The quantitative estimate of drug-likeness (QED) is 0.227. The molecule has 6 nitrogen and oxygen atoms in total.